The molecule has 4 heteroatoms. The molecule has 0 atom stereocenters. The lowest BCUT2D eigenvalue weighted by molar-refractivity contribution is 1.75. The zero-order chi connectivity index (χ0) is 8.32. The van der Waals surface area contributed by atoms with Crippen LogP contribution in [0.3, 0.4) is 0 Å². The summed E-state index contributed by atoms with van der Waals surface area (Å²) < 4.78 is 0. The lowest BCUT2D eigenvalue weighted by Gasteiger charge is -2.12. The predicted octanol–water partition coefficient (Wildman–Crippen LogP) is 2.59. The molecule has 0 spiro atoms. The molecule has 0 aliphatic heterocycles. The van der Waals surface area contributed by atoms with Crippen molar-refractivity contribution in [2.45, 2.75) is 0 Å². The van der Waals surface area contributed by atoms with Gasteiger partial charge in [0.25, 0.3) is 6.69 Å². The van der Waals surface area contributed by atoms with Crippen LogP contribution < -0.4 is 5.19 Å². The molecule has 0 nitrogen and oxygen atoms in total. The molecule has 0 radical (unpaired) electrons. The summed E-state index contributed by atoms with van der Waals surface area (Å²) in [7, 11) is 0. The maximum Gasteiger partial charge on any atom is 0.295 e. The third kappa shape index (κ3) is 2.37. The molecule has 1 rings (SSSR count). The van der Waals surface area contributed by atoms with E-state index in [1.54, 1.807) is 0 Å². The van der Waals surface area contributed by atoms with E-state index < -0.39 is 6.69 Å². The van der Waals surface area contributed by atoms with E-state index in [4.69, 9.17) is 33.8 Å². The largest absolute Gasteiger partial charge is 0.295 e. The molecule has 11 heavy (non-hydrogen) atoms. The highest BCUT2D eigenvalue weighted by Gasteiger charge is 2.29. The van der Waals surface area contributed by atoms with Crippen LogP contribution in [0.2, 0.25) is 0 Å². The van der Waals surface area contributed by atoms with Gasteiger partial charge in [-0.1, -0.05) is 30.3 Å². The Bertz CT molecular complexity index is 222. The van der Waals surface area contributed by atoms with E-state index in [9.17, 15) is 0 Å². The van der Waals surface area contributed by atoms with E-state index in [0.29, 0.717) is 5.50 Å². The Hall–Kier alpha value is 0.307. The summed E-state index contributed by atoms with van der Waals surface area (Å²) in [6, 6.07) is 9.57. The number of hydrogen-bond acceptors (Lipinski definition) is 0. The molecule has 0 heterocycles. The van der Waals surface area contributed by atoms with Gasteiger partial charge in [-0.15, -0.1) is 33.8 Å². The summed E-state index contributed by atoms with van der Waals surface area (Å²) in [4.78, 5) is 0. The standard InChI is InChI=1S/C7H7Cl3Si/c8-6-11(9,10)7-4-2-1-3-5-7/h1-5H,6H2. The van der Waals surface area contributed by atoms with Gasteiger partial charge in [0.1, 0.15) is 0 Å². The van der Waals surface area contributed by atoms with Gasteiger partial charge in [0, 0.05) is 5.50 Å². The Kier molecular flexibility index (Phi) is 3.25. The van der Waals surface area contributed by atoms with Crippen LogP contribution in [0.4, 0.5) is 0 Å². The molecular weight excluding hydrogens is 219 g/mol. The van der Waals surface area contributed by atoms with E-state index in [1.165, 1.54) is 0 Å². The minimum absolute atomic E-state index is 0.333. The molecule has 1 aromatic carbocycles. The summed E-state index contributed by atoms with van der Waals surface area (Å²) in [5, 5.41) is 0.971. The SMILES string of the molecule is ClC[Si](Cl)(Cl)c1ccccc1. The van der Waals surface area contributed by atoms with Gasteiger partial charge in [0.2, 0.25) is 0 Å². The van der Waals surface area contributed by atoms with Crippen LogP contribution in [0.5, 0.6) is 0 Å². The second kappa shape index (κ2) is 3.81. The molecule has 0 N–H and O–H groups in total. The van der Waals surface area contributed by atoms with Crippen molar-refractivity contribution in [1.82, 2.24) is 0 Å². The molecule has 0 amide bonds. The lowest BCUT2D eigenvalue weighted by Crippen LogP contribution is -2.38. The fourth-order valence-corrected chi connectivity index (χ4v) is 2.81. The molecule has 0 aromatic heterocycles. The highest BCUT2D eigenvalue weighted by Crippen LogP contribution is 2.15. The Morgan fingerprint density at radius 1 is 1.09 bits per heavy atom. The van der Waals surface area contributed by atoms with Gasteiger partial charge < -0.3 is 0 Å². The molecule has 0 saturated carbocycles. The average molecular weight is 226 g/mol. The van der Waals surface area contributed by atoms with Crippen molar-refractivity contribution in [2.24, 2.45) is 0 Å². The molecule has 60 valence electrons. The molecule has 0 unspecified atom stereocenters. The first-order chi connectivity index (χ1) is 5.17. The molecule has 1 aromatic rings. The quantitative estimate of drug-likeness (QED) is 0.412. The highest BCUT2D eigenvalue weighted by molar-refractivity contribution is 7.52. The van der Waals surface area contributed by atoms with Crippen LogP contribution in [0.15, 0.2) is 30.3 Å². The Morgan fingerprint density at radius 2 is 1.64 bits per heavy atom. The van der Waals surface area contributed by atoms with Gasteiger partial charge >= 0.3 is 0 Å². The third-order valence-electron chi connectivity index (χ3n) is 1.36. The van der Waals surface area contributed by atoms with Crippen LogP contribution in [-0.4, -0.2) is 12.2 Å². The fourth-order valence-electron chi connectivity index (χ4n) is 0.759. The summed E-state index contributed by atoms with van der Waals surface area (Å²) in [6.07, 6.45) is 0. The summed E-state index contributed by atoms with van der Waals surface area (Å²) in [6.45, 7) is -2.34. The van der Waals surface area contributed by atoms with E-state index in [2.05, 4.69) is 0 Å². The first-order valence-electron chi connectivity index (χ1n) is 3.16. The third-order valence-corrected chi connectivity index (χ3v) is 7.01. The maximum atomic E-state index is 6.02. The molecular formula is C7H7Cl3Si. The zero-order valence-corrected chi connectivity index (χ0v) is 9.00. The second-order valence-corrected chi connectivity index (χ2v) is 9.71. The Morgan fingerprint density at radius 3 is 2.09 bits per heavy atom. The van der Waals surface area contributed by atoms with Crippen LogP contribution in [0.1, 0.15) is 0 Å². The van der Waals surface area contributed by atoms with Crippen LogP contribution in [0, 0.1) is 0 Å². The maximum absolute atomic E-state index is 6.02. The summed E-state index contributed by atoms with van der Waals surface area (Å²) >= 11 is 17.7. The van der Waals surface area contributed by atoms with Crippen molar-refractivity contribution in [3.8, 4) is 0 Å². The zero-order valence-electron chi connectivity index (χ0n) is 5.73. The summed E-state index contributed by atoms with van der Waals surface area (Å²) in [5.74, 6) is 0. The number of rotatable bonds is 2. The van der Waals surface area contributed by atoms with Crippen molar-refractivity contribution in [3.05, 3.63) is 30.3 Å². The topological polar surface area (TPSA) is 0 Å². The number of benzene rings is 1. The van der Waals surface area contributed by atoms with E-state index in [1.807, 2.05) is 30.3 Å². The minimum atomic E-state index is -2.34. The number of hydrogen-bond donors (Lipinski definition) is 0. The Labute approximate surface area is 81.5 Å². The minimum Gasteiger partial charge on any atom is -0.138 e. The van der Waals surface area contributed by atoms with Crippen LogP contribution >= 0.6 is 33.8 Å². The molecule has 0 fully saturated rings. The van der Waals surface area contributed by atoms with Gasteiger partial charge in [0.05, 0.1) is 0 Å². The van der Waals surface area contributed by atoms with Gasteiger partial charge in [-0.3, -0.25) is 0 Å². The Balaban J connectivity index is 2.93. The normalized spacial score (nSPS) is 11.5. The van der Waals surface area contributed by atoms with Gasteiger partial charge in [-0.2, -0.15) is 0 Å². The number of halogens is 3. The van der Waals surface area contributed by atoms with Crippen molar-refractivity contribution in [2.75, 3.05) is 5.50 Å². The van der Waals surface area contributed by atoms with Crippen molar-refractivity contribution in [1.29, 1.82) is 0 Å². The molecule has 0 bridgehead atoms. The lowest BCUT2D eigenvalue weighted by atomic mass is 10.4. The van der Waals surface area contributed by atoms with Gasteiger partial charge in [-0.25, -0.2) is 0 Å². The van der Waals surface area contributed by atoms with Crippen molar-refractivity contribution < 1.29 is 0 Å². The monoisotopic (exact) mass is 224 g/mol. The van der Waals surface area contributed by atoms with Crippen LogP contribution in [-0.2, 0) is 0 Å². The van der Waals surface area contributed by atoms with E-state index in [-0.39, 0.29) is 0 Å². The van der Waals surface area contributed by atoms with Gasteiger partial charge in [-0.05, 0) is 5.19 Å². The van der Waals surface area contributed by atoms with Crippen molar-refractivity contribution in [3.63, 3.8) is 0 Å². The van der Waals surface area contributed by atoms with E-state index in [0.717, 1.165) is 5.19 Å². The highest BCUT2D eigenvalue weighted by atomic mass is 35.7. The average Bonchev–Trinajstić information content (AvgIpc) is 2.06. The molecule has 0 aliphatic carbocycles. The van der Waals surface area contributed by atoms with Crippen molar-refractivity contribution >= 4 is 45.6 Å². The van der Waals surface area contributed by atoms with Gasteiger partial charge in [0.15, 0.2) is 0 Å². The molecule has 0 saturated heterocycles. The first-order valence-corrected chi connectivity index (χ1v) is 7.92. The van der Waals surface area contributed by atoms with Crippen LogP contribution in [0.25, 0.3) is 0 Å². The predicted molar refractivity (Wildman–Crippen MR) is 54.3 cm³/mol. The van der Waals surface area contributed by atoms with E-state index >= 15 is 0 Å². The first kappa shape index (κ1) is 9.40. The second-order valence-electron chi connectivity index (χ2n) is 2.20. The fraction of sp³-hybridized carbons (Fsp3) is 0.143. The molecule has 0 aliphatic rings. The smallest absolute Gasteiger partial charge is 0.138 e. The summed E-state index contributed by atoms with van der Waals surface area (Å²) in [5.41, 5.74) is 0.333. The number of alkyl halides is 1.